The predicted molar refractivity (Wildman–Crippen MR) is 67.9 cm³/mol. The van der Waals surface area contributed by atoms with Gasteiger partial charge in [0.05, 0.1) is 19.2 Å². The molecule has 1 rings (SSSR count). The number of hydrogen-bond donors (Lipinski definition) is 1. The van der Waals surface area contributed by atoms with Gasteiger partial charge in [-0.2, -0.15) is 0 Å². The van der Waals surface area contributed by atoms with Crippen LogP contribution in [-0.2, 0) is 0 Å². The average Bonchev–Trinajstić information content (AvgIpc) is 2.29. The Morgan fingerprint density at radius 3 is 2.69 bits per heavy atom. The lowest BCUT2D eigenvalue weighted by Gasteiger charge is -2.09. The van der Waals surface area contributed by atoms with Crippen LogP contribution in [0.5, 0.6) is 5.75 Å². The average molecular weight is 217 g/mol. The van der Waals surface area contributed by atoms with Crippen LogP contribution in [0.15, 0.2) is 12.1 Å². The third-order valence-electron chi connectivity index (χ3n) is 2.57. The van der Waals surface area contributed by atoms with E-state index < -0.39 is 0 Å². The normalized spacial score (nSPS) is 9.50. The molecule has 0 saturated carbocycles. The van der Waals surface area contributed by atoms with Gasteiger partial charge >= 0.3 is 0 Å². The molecule has 2 heteroatoms. The fourth-order valence-electron chi connectivity index (χ4n) is 1.48. The maximum Gasteiger partial charge on any atom is 0.137 e. The summed E-state index contributed by atoms with van der Waals surface area (Å²) < 4.78 is 5.39. The minimum absolute atomic E-state index is 0.715. The molecule has 1 N–H and O–H groups in total. The summed E-state index contributed by atoms with van der Waals surface area (Å²) in [5, 5.41) is 3.17. The molecule has 0 aliphatic heterocycles. The molecule has 0 radical (unpaired) electrons. The van der Waals surface area contributed by atoms with Crippen LogP contribution in [0.25, 0.3) is 0 Å². The minimum atomic E-state index is 0.715. The molecule has 0 spiro atoms. The van der Waals surface area contributed by atoms with Crippen LogP contribution in [0.2, 0.25) is 0 Å². The van der Waals surface area contributed by atoms with E-state index in [1.807, 2.05) is 6.07 Å². The Morgan fingerprint density at radius 2 is 2.06 bits per heavy atom. The third-order valence-corrected chi connectivity index (χ3v) is 2.57. The van der Waals surface area contributed by atoms with Gasteiger partial charge in [0.1, 0.15) is 5.75 Å². The van der Waals surface area contributed by atoms with Crippen molar-refractivity contribution in [1.82, 2.24) is 5.32 Å². The quantitative estimate of drug-likeness (QED) is 0.619. The van der Waals surface area contributed by atoms with Crippen molar-refractivity contribution in [3.63, 3.8) is 0 Å². The zero-order valence-corrected chi connectivity index (χ0v) is 10.5. The number of aryl methyl sites for hydroxylation is 1. The first-order valence-electron chi connectivity index (χ1n) is 5.54. The van der Waals surface area contributed by atoms with Crippen LogP contribution in [0.4, 0.5) is 0 Å². The second-order valence-corrected chi connectivity index (χ2v) is 3.67. The Hall–Kier alpha value is -1.46. The van der Waals surface area contributed by atoms with Gasteiger partial charge < -0.3 is 10.1 Å². The molecule has 0 atom stereocenters. The summed E-state index contributed by atoms with van der Waals surface area (Å²) in [5.74, 6) is 7.11. The summed E-state index contributed by atoms with van der Waals surface area (Å²) in [4.78, 5) is 0. The molecule has 0 saturated heterocycles. The number of rotatable bonds is 3. The highest BCUT2D eigenvalue weighted by Gasteiger charge is 2.05. The van der Waals surface area contributed by atoms with E-state index in [2.05, 4.69) is 44.0 Å². The maximum atomic E-state index is 5.39. The molecule has 1 aromatic carbocycles. The van der Waals surface area contributed by atoms with E-state index in [1.54, 1.807) is 7.11 Å². The molecule has 0 heterocycles. The highest BCUT2D eigenvalue weighted by Crippen LogP contribution is 2.25. The van der Waals surface area contributed by atoms with Crippen molar-refractivity contribution in [2.24, 2.45) is 0 Å². The highest BCUT2D eigenvalue weighted by atomic mass is 16.5. The molecule has 0 aliphatic carbocycles. The molecule has 2 nitrogen and oxygen atoms in total. The van der Waals surface area contributed by atoms with Crippen LogP contribution >= 0.6 is 0 Å². The minimum Gasteiger partial charge on any atom is -0.495 e. The smallest absolute Gasteiger partial charge is 0.137 e. The Balaban J connectivity index is 2.94. The largest absolute Gasteiger partial charge is 0.495 e. The van der Waals surface area contributed by atoms with E-state index in [-0.39, 0.29) is 0 Å². The molecular formula is C14H19NO. The number of benzene rings is 1. The third kappa shape index (κ3) is 3.01. The van der Waals surface area contributed by atoms with Gasteiger partial charge in [-0.25, -0.2) is 0 Å². The summed E-state index contributed by atoms with van der Waals surface area (Å²) in [6.07, 6.45) is 0. The topological polar surface area (TPSA) is 21.3 Å². The van der Waals surface area contributed by atoms with Crippen molar-refractivity contribution in [3.05, 3.63) is 28.8 Å². The van der Waals surface area contributed by atoms with Gasteiger partial charge in [0.25, 0.3) is 0 Å². The molecule has 0 unspecified atom stereocenters. The lowest BCUT2D eigenvalue weighted by Crippen LogP contribution is -2.11. The Labute approximate surface area is 98.0 Å². The Morgan fingerprint density at radius 1 is 1.31 bits per heavy atom. The van der Waals surface area contributed by atoms with Crippen LogP contribution in [0.3, 0.4) is 0 Å². The fourth-order valence-corrected chi connectivity index (χ4v) is 1.48. The predicted octanol–water partition coefficient (Wildman–Crippen LogP) is 2.27. The van der Waals surface area contributed by atoms with E-state index in [0.717, 1.165) is 23.4 Å². The van der Waals surface area contributed by atoms with E-state index >= 15 is 0 Å². The molecule has 0 fully saturated rings. The first-order chi connectivity index (χ1) is 7.70. The van der Waals surface area contributed by atoms with Crippen LogP contribution in [-0.4, -0.2) is 20.2 Å². The molecular weight excluding hydrogens is 198 g/mol. The van der Waals surface area contributed by atoms with Crippen LogP contribution in [0, 0.1) is 25.7 Å². The van der Waals surface area contributed by atoms with Gasteiger partial charge in [-0.3, -0.25) is 0 Å². The molecule has 86 valence electrons. The van der Waals surface area contributed by atoms with Crippen molar-refractivity contribution in [2.45, 2.75) is 20.8 Å². The number of ether oxygens (including phenoxy) is 1. The lowest BCUT2D eigenvalue weighted by molar-refractivity contribution is 0.410. The van der Waals surface area contributed by atoms with Crippen molar-refractivity contribution >= 4 is 0 Å². The molecule has 16 heavy (non-hydrogen) atoms. The summed E-state index contributed by atoms with van der Waals surface area (Å²) in [6, 6.07) is 4.09. The zero-order chi connectivity index (χ0) is 12.0. The van der Waals surface area contributed by atoms with Crippen LogP contribution in [0.1, 0.15) is 23.6 Å². The van der Waals surface area contributed by atoms with Crippen molar-refractivity contribution in [1.29, 1.82) is 0 Å². The molecule has 0 aliphatic rings. The first kappa shape index (κ1) is 12.6. The summed E-state index contributed by atoms with van der Waals surface area (Å²) >= 11 is 0. The number of methoxy groups -OCH3 is 1. The first-order valence-corrected chi connectivity index (χ1v) is 5.54. The second kappa shape index (κ2) is 6.19. The number of nitrogens with one attached hydrogen (secondary N) is 1. The van der Waals surface area contributed by atoms with Crippen molar-refractivity contribution in [2.75, 3.05) is 20.2 Å². The van der Waals surface area contributed by atoms with Gasteiger partial charge in [0, 0.05) is 0 Å². The van der Waals surface area contributed by atoms with Gasteiger partial charge in [-0.05, 0) is 37.6 Å². The Bertz CT molecular complexity index is 413. The molecule has 0 amide bonds. The molecule has 0 aromatic heterocycles. The van der Waals surface area contributed by atoms with E-state index in [4.69, 9.17) is 4.74 Å². The molecule has 0 bridgehead atoms. The SMILES string of the molecule is CCNCC#Cc1ccc(C)c(C)c1OC. The lowest BCUT2D eigenvalue weighted by atomic mass is 10.0. The summed E-state index contributed by atoms with van der Waals surface area (Å²) in [7, 11) is 1.69. The Kier molecular flexibility index (Phi) is 4.88. The monoisotopic (exact) mass is 217 g/mol. The van der Waals surface area contributed by atoms with Crippen molar-refractivity contribution in [3.8, 4) is 17.6 Å². The van der Waals surface area contributed by atoms with E-state index in [9.17, 15) is 0 Å². The highest BCUT2D eigenvalue weighted by molar-refractivity contribution is 5.53. The van der Waals surface area contributed by atoms with Crippen LogP contribution < -0.4 is 10.1 Å². The standard InChI is InChI=1S/C14H19NO/c1-5-15-10-6-7-13-9-8-11(2)12(3)14(13)16-4/h8-9,15H,5,10H2,1-4H3. The van der Waals surface area contributed by atoms with Crippen molar-refractivity contribution < 1.29 is 4.74 Å². The summed E-state index contributed by atoms with van der Waals surface area (Å²) in [6.45, 7) is 7.86. The zero-order valence-electron chi connectivity index (χ0n) is 10.5. The fraction of sp³-hybridized carbons (Fsp3) is 0.429. The second-order valence-electron chi connectivity index (χ2n) is 3.67. The van der Waals surface area contributed by atoms with Gasteiger partial charge in [0.15, 0.2) is 0 Å². The van der Waals surface area contributed by atoms with Gasteiger partial charge in [0.2, 0.25) is 0 Å². The van der Waals surface area contributed by atoms with E-state index in [1.165, 1.54) is 5.56 Å². The van der Waals surface area contributed by atoms with E-state index in [0.29, 0.717) is 6.54 Å². The summed E-state index contributed by atoms with van der Waals surface area (Å²) in [5.41, 5.74) is 3.36. The van der Waals surface area contributed by atoms with Gasteiger partial charge in [-0.1, -0.05) is 24.8 Å². The molecule has 1 aromatic rings. The van der Waals surface area contributed by atoms with Gasteiger partial charge in [-0.15, -0.1) is 0 Å². The number of hydrogen-bond acceptors (Lipinski definition) is 2. The maximum absolute atomic E-state index is 5.39.